The summed E-state index contributed by atoms with van der Waals surface area (Å²) < 4.78 is 6.77. The number of carbonyl (C=O) groups excluding carboxylic acids is 1. The summed E-state index contributed by atoms with van der Waals surface area (Å²) in [5, 5.41) is 2.90. The molecule has 28 heavy (non-hydrogen) atoms. The molecule has 4 rings (SSSR count). The number of nitrogens with one attached hydrogen (secondary N) is 1. The zero-order chi connectivity index (χ0) is 19.3. The van der Waals surface area contributed by atoms with Crippen molar-refractivity contribution in [2.75, 3.05) is 5.32 Å². The van der Waals surface area contributed by atoms with Crippen molar-refractivity contribution in [2.45, 2.75) is 19.4 Å². The molecular formula is C23H20N2O3. The molecule has 4 aromatic rings. The molecule has 0 saturated heterocycles. The molecule has 0 aliphatic heterocycles. The highest BCUT2D eigenvalue weighted by Gasteiger charge is 2.09. The summed E-state index contributed by atoms with van der Waals surface area (Å²) in [6.07, 6.45) is 0.879. The Morgan fingerprint density at radius 2 is 1.54 bits per heavy atom. The van der Waals surface area contributed by atoms with Crippen molar-refractivity contribution in [3.8, 4) is 11.1 Å². The molecule has 1 heterocycles. The van der Waals surface area contributed by atoms with E-state index in [1.54, 1.807) is 10.6 Å². The molecule has 1 aromatic heterocycles. The monoisotopic (exact) mass is 372 g/mol. The van der Waals surface area contributed by atoms with E-state index in [0.717, 1.165) is 22.3 Å². The number of fused-ring (bicyclic) bond motifs is 1. The van der Waals surface area contributed by atoms with Gasteiger partial charge in [0.1, 0.15) is 0 Å². The molecule has 0 aliphatic carbocycles. The second-order valence-electron chi connectivity index (χ2n) is 6.58. The van der Waals surface area contributed by atoms with Crippen LogP contribution in [0.4, 0.5) is 5.69 Å². The first kappa shape index (κ1) is 17.8. The lowest BCUT2D eigenvalue weighted by Crippen LogP contribution is -2.17. The highest BCUT2D eigenvalue weighted by atomic mass is 16.4. The van der Waals surface area contributed by atoms with Gasteiger partial charge < -0.3 is 9.73 Å². The van der Waals surface area contributed by atoms with E-state index in [1.807, 2.05) is 60.7 Å². The van der Waals surface area contributed by atoms with Gasteiger partial charge in [0.2, 0.25) is 5.91 Å². The smallest absolute Gasteiger partial charge is 0.408 e. The molecule has 0 fully saturated rings. The molecule has 1 N–H and O–H groups in total. The number of nitrogens with zero attached hydrogens (tertiary/aromatic N) is 1. The summed E-state index contributed by atoms with van der Waals surface area (Å²) in [5.74, 6) is -0.466. The highest BCUT2D eigenvalue weighted by Crippen LogP contribution is 2.21. The molecule has 0 spiro atoms. The zero-order valence-corrected chi connectivity index (χ0v) is 15.3. The normalized spacial score (nSPS) is 10.9. The van der Waals surface area contributed by atoms with Crippen LogP contribution in [0.5, 0.6) is 0 Å². The lowest BCUT2D eigenvalue weighted by atomic mass is 10.1. The van der Waals surface area contributed by atoms with E-state index >= 15 is 0 Å². The number of benzene rings is 3. The van der Waals surface area contributed by atoms with Crippen LogP contribution < -0.4 is 11.1 Å². The third-order valence-corrected chi connectivity index (χ3v) is 4.64. The minimum Gasteiger partial charge on any atom is -0.408 e. The van der Waals surface area contributed by atoms with Crippen LogP contribution in [0.2, 0.25) is 0 Å². The molecular weight excluding hydrogens is 352 g/mol. The van der Waals surface area contributed by atoms with Gasteiger partial charge in [-0.05, 0) is 41.8 Å². The van der Waals surface area contributed by atoms with Crippen LogP contribution >= 0.6 is 0 Å². The first-order valence-electron chi connectivity index (χ1n) is 9.24. The fraction of sp³-hybridized carbons (Fsp3) is 0.130. The maximum atomic E-state index is 12.2. The number of anilines is 1. The predicted molar refractivity (Wildman–Crippen MR) is 110 cm³/mol. The van der Waals surface area contributed by atoms with E-state index in [1.165, 1.54) is 0 Å². The van der Waals surface area contributed by atoms with Crippen LogP contribution in [0, 0.1) is 0 Å². The van der Waals surface area contributed by atoms with Gasteiger partial charge in [-0.1, -0.05) is 54.6 Å². The minimum atomic E-state index is -0.391. The molecule has 140 valence electrons. The first-order chi connectivity index (χ1) is 13.7. The number of hydrogen-bond donors (Lipinski definition) is 1. The predicted octanol–water partition coefficient (Wildman–Crippen LogP) is 4.68. The molecule has 1 amide bonds. The maximum absolute atomic E-state index is 12.2. The SMILES string of the molecule is O=C(CCCn1c(=O)oc2ccccc21)Nc1ccc(-c2ccccc2)cc1. The molecule has 3 aromatic carbocycles. The summed E-state index contributed by atoms with van der Waals surface area (Å²) in [5.41, 5.74) is 4.32. The van der Waals surface area contributed by atoms with Gasteiger partial charge in [-0.2, -0.15) is 0 Å². The fourth-order valence-corrected chi connectivity index (χ4v) is 3.22. The van der Waals surface area contributed by atoms with Gasteiger partial charge in [0.25, 0.3) is 0 Å². The maximum Gasteiger partial charge on any atom is 0.419 e. The Labute approximate surface area is 162 Å². The number of hydrogen-bond acceptors (Lipinski definition) is 3. The van der Waals surface area contributed by atoms with Crippen molar-refractivity contribution in [1.29, 1.82) is 0 Å². The summed E-state index contributed by atoms with van der Waals surface area (Å²) >= 11 is 0. The number of rotatable bonds is 6. The van der Waals surface area contributed by atoms with Gasteiger partial charge >= 0.3 is 5.76 Å². The lowest BCUT2D eigenvalue weighted by Gasteiger charge is -2.07. The van der Waals surface area contributed by atoms with Crippen molar-refractivity contribution >= 4 is 22.7 Å². The quantitative estimate of drug-likeness (QED) is 0.534. The van der Waals surface area contributed by atoms with Crippen molar-refractivity contribution in [2.24, 2.45) is 0 Å². The Morgan fingerprint density at radius 3 is 2.32 bits per heavy atom. The van der Waals surface area contributed by atoms with Crippen LogP contribution in [0.1, 0.15) is 12.8 Å². The third-order valence-electron chi connectivity index (χ3n) is 4.64. The number of aryl methyl sites for hydroxylation is 1. The minimum absolute atomic E-state index is 0.0756. The number of carbonyl (C=O) groups is 1. The molecule has 0 bridgehead atoms. The number of aromatic nitrogens is 1. The zero-order valence-electron chi connectivity index (χ0n) is 15.3. The lowest BCUT2D eigenvalue weighted by molar-refractivity contribution is -0.116. The van der Waals surface area contributed by atoms with E-state index in [9.17, 15) is 9.59 Å². The standard InChI is InChI=1S/C23H20N2O3/c26-22(11-6-16-25-20-9-4-5-10-21(20)28-23(25)27)24-19-14-12-18(13-15-19)17-7-2-1-3-8-17/h1-5,7-10,12-15H,6,11,16H2,(H,24,26). The van der Waals surface area contributed by atoms with Crippen LogP contribution in [0.3, 0.4) is 0 Å². The Morgan fingerprint density at radius 1 is 0.857 bits per heavy atom. The third kappa shape index (κ3) is 3.88. The molecule has 5 nitrogen and oxygen atoms in total. The van der Waals surface area contributed by atoms with Crippen LogP contribution in [0.15, 0.2) is 88.1 Å². The Hall–Kier alpha value is -3.60. The van der Waals surface area contributed by atoms with Crippen molar-refractivity contribution in [1.82, 2.24) is 4.57 Å². The number of oxazole rings is 1. The van der Waals surface area contributed by atoms with Crippen LogP contribution in [-0.2, 0) is 11.3 Å². The second-order valence-corrected chi connectivity index (χ2v) is 6.58. The fourth-order valence-electron chi connectivity index (χ4n) is 3.22. The average Bonchev–Trinajstić information content (AvgIpc) is 3.04. The van der Waals surface area contributed by atoms with Gasteiger partial charge in [-0.15, -0.1) is 0 Å². The van der Waals surface area contributed by atoms with E-state index in [2.05, 4.69) is 17.4 Å². The van der Waals surface area contributed by atoms with Crippen molar-refractivity contribution in [3.05, 3.63) is 89.4 Å². The summed E-state index contributed by atoms with van der Waals surface area (Å²) in [6, 6.07) is 25.1. The van der Waals surface area contributed by atoms with Crippen molar-refractivity contribution in [3.63, 3.8) is 0 Å². The number of amides is 1. The highest BCUT2D eigenvalue weighted by molar-refractivity contribution is 5.91. The Balaban J connectivity index is 1.33. The van der Waals surface area contributed by atoms with Gasteiger partial charge in [-0.25, -0.2) is 4.79 Å². The van der Waals surface area contributed by atoms with Gasteiger partial charge in [-0.3, -0.25) is 9.36 Å². The van der Waals surface area contributed by atoms with Gasteiger partial charge in [0.15, 0.2) is 5.58 Å². The molecule has 0 saturated carbocycles. The van der Waals surface area contributed by atoms with E-state index < -0.39 is 5.76 Å². The van der Waals surface area contributed by atoms with Crippen LogP contribution in [0.25, 0.3) is 22.2 Å². The van der Waals surface area contributed by atoms with Crippen LogP contribution in [-0.4, -0.2) is 10.5 Å². The largest absolute Gasteiger partial charge is 0.419 e. The average molecular weight is 372 g/mol. The Kier molecular flexibility index (Phi) is 5.06. The molecule has 0 unspecified atom stereocenters. The van der Waals surface area contributed by atoms with Gasteiger partial charge in [0.05, 0.1) is 5.52 Å². The van der Waals surface area contributed by atoms with Crippen molar-refractivity contribution < 1.29 is 9.21 Å². The molecule has 5 heteroatoms. The first-order valence-corrected chi connectivity index (χ1v) is 9.24. The molecule has 0 aliphatic rings. The molecule has 0 radical (unpaired) electrons. The van der Waals surface area contributed by atoms with Gasteiger partial charge in [0, 0.05) is 18.7 Å². The molecule has 0 atom stereocenters. The summed E-state index contributed by atoms with van der Waals surface area (Å²) in [6.45, 7) is 0.441. The van der Waals surface area contributed by atoms with E-state index in [0.29, 0.717) is 25.0 Å². The Bertz CT molecular complexity index is 1140. The van der Waals surface area contributed by atoms with E-state index in [-0.39, 0.29) is 5.91 Å². The van der Waals surface area contributed by atoms with E-state index in [4.69, 9.17) is 4.42 Å². The summed E-state index contributed by atoms with van der Waals surface area (Å²) in [7, 11) is 0. The second kappa shape index (κ2) is 7.96. The summed E-state index contributed by atoms with van der Waals surface area (Å²) in [4.78, 5) is 24.2. The topological polar surface area (TPSA) is 64.2 Å². The number of para-hydroxylation sites is 2.